The minimum atomic E-state index is -0.228. The van der Waals surface area contributed by atoms with Crippen molar-refractivity contribution in [1.29, 1.82) is 0 Å². The van der Waals surface area contributed by atoms with E-state index in [4.69, 9.17) is 5.73 Å². The molecule has 0 aliphatic heterocycles. The minimum Gasteiger partial charge on any atom is -0.392 e. The first-order valence-corrected chi connectivity index (χ1v) is 6.71. The Morgan fingerprint density at radius 1 is 1.44 bits per heavy atom. The monoisotopic (exact) mass is 227 g/mol. The highest BCUT2D eigenvalue weighted by atomic mass is 16.3. The number of nitrogens with two attached hydrogens (primary N) is 1. The highest BCUT2D eigenvalue weighted by molar-refractivity contribution is 4.95. The Kier molecular flexibility index (Phi) is 4.42. The van der Waals surface area contributed by atoms with Gasteiger partial charge < -0.3 is 10.8 Å². The Bertz CT molecular complexity index is 221. The zero-order chi connectivity index (χ0) is 12.4. The normalized spacial score (nSPS) is 33.0. The van der Waals surface area contributed by atoms with Crippen LogP contribution >= 0.6 is 0 Å². The molecule has 3 unspecified atom stereocenters. The molecule has 2 nitrogen and oxygen atoms in total. The first kappa shape index (κ1) is 14.0. The number of hydrogen-bond acceptors (Lipinski definition) is 2. The summed E-state index contributed by atoms with van der Waals surface area (Å²) in [4.78, 5) is 0. The van der Waals surface area contributed by atoms with Crippen LogP contribution in [0.4, 0.5) is 0 Å². The average molecular weight is 227 g/mol. The maximum Gasteiger partial charge on any atom is 0.0613 e. The molecule has 16 heavy (non-hydrogen) atoms. The molecule has 96 valence electrons. The van der Waals surface area contributed by atoms with E-state index in [0.717, 1.165) is 25.2 Å². The molecular weight excluding hydrogens is 198 g/mol. The summed E-state index contributed by atoms with van der Waals surface area (Å²) in [6.07, 6.45) is 5.34. The van der Waals surface area contributed by atoms with Crippen molar-refractivity contribution in [3.63, 3.8) is 0 Å². The molecule has 0 aromatic carbocycles. The molecular formula is C14H29NO. The molecule has 2 heteroatoms. The summed E-state index contributed by atoms with van der Waals surface area (Å²) in [5.41, 5.74) is 6.14. The van der Waals surface area contributed by atoms with Crippen LogP contribution in [0, 0.1) is 16.7 Å². The van der Waals surface area contributed by atoms with Crippen molar-refractivity contribution < 1.29 is 5.11 Å². The lowest BCUT2D eigenvalue weighted by Gasteiger charge is -2.37. The smallest absolute Gasteiger partial charge is 0.0613 e. The van der Waals surface area contributed by atoms with E-state index < -0.39 is 0 Å². The zero-order valence-corrected chi connectivity index (χ0v) is 11.4. The fourth-order valence-electron chi connectivity index (χ4n) is 3.04. The van der Waals surface area contributed by atoms with Crippen molar-refractivity contribution in [2.45, 2.75) is 65.9 Å². The number of hydrogen-bond donors (Lipinski definition) is 2. The van der Waals surface area contributed by atoms with Gasteiger partial charge in [0, 0.05) is 12.0 Å². The number of rotatable bonds is 4. The lowest BCUT2D eigenvalue weighted by Crippen LogP contribution is -2.41. The van der Waals surface area contributed by atoms with Gasteiger partial charge in [0.2, 0.25) is 0 Å². The van der Waals surface area contributed by atoms with Crippen LogP contribution in [0.1, 0.15) is 59.8 Å². The standard InChI is InChI=1S/C14H29NO/c1-5-11-6-7-14(8-11,10-15)12(16)9-13(2,3)4/h11-12,16H,5-10,15H2,1-4H3. The summed E-state index contributed by atoms with van der Waals surface area (Å²) in [6.45, 7) is 9.44. The van der Waals surface area contributed by atoms with Gasteiger partial charge in [-0.3, -0.25) is 0 Å². The molecule has 0 radical (unpaired) electrons. The van der Waals surface area contributed by atoms with Crippen molar-refractivity contribution in [1.82, 2.24) is 0 Å². The van der Waals surface area contributed by atoms with Crippen LogP contribution in [-0.2, 0) is 0 Å². The molecule has 1 aliphatic rings. The number of aliphatic hydroxyl groups excluding tert-OH is 1. The summed E-state index contributed by atoms with van der Waals surface area (Å²) in [5, 5.41) is 10.5. The lowest BCUT2D eigenvalue weighted by molar-refractivity contribution is 0.00220. The van der Waals surface area contributed by atoms with E-state index in [-0.39, 0.29) is 16.9 Å². The summed E-state index contributed by atoms with van der Waals surface area (Å²) in [6, 6.07) is 0. The van der Waals surface area contributed by atoms with Crippen LogP contribution in [0.3, 0.4) is 0 Å². The van der Waals surface area contributed by atoms with Crippen LogP contribution in [-0.4, -0.2) is 17.8 Å². The van der Waals surface area contributed by atoms with Crippen molar-refractivity contribution in [2.24, 2.45) is 22.5 Å². The molecule has 3 atom stereocenters. The van der Waals surface area contributed by atoms with Gasteiger partial charge in [-0.15, -0.1) is 0 Å². The van der Waals surface area contributed by atoms with Crippen LogP contribution in [0.2, 0.25) is 0 Å². The maximum absolute atomic E-state index is 10.5. The summed E-state index contributed by atoms with van der Waals surface area (Å²) >= 11 is 0. The summed E-state index contributed by atoms with van der Waals surface area (Å²) in [5.74, 6) is 0.776. The molecule has 0 heterocycles. The Balaban J connectivity index is 2.67. The number of aliphatic hydroxyl groups is 1. The molecule has 3 N–H and O–H groups in total. The summed E-state index contributed by atoms with van der Waals surface area (Å²) in [7, 11) is 0. The predicted octanol–water partition coefficient (Wildman–Crippen LogP) is 2.94. The van der Waals surface area contributed by atoms with E-state index in [0.29, 0.717) is 6.54 Å². The van der Waals surface area contributed by atoms with Crippen molar-refractivity contribution in [2.75, 3.05) is 6.54 Å². The fourth-order valence-corrected chi connectivity index (χ4v) is 3.04. The summed E-state index contributed by atoms with van der Waals surface area (Å²) < 4.78 is 0. The largest absolute Gasteiger partial charge is 0.392 e. The van der Waals surface area contributed by atoms with E-state index in [1.54, 1.807) is 0 Å². The molecule has 1 rings (SSSR count). The molecule has 1 aliphatic carbocycles. The van der Waals surface area contributed by atoms with Gasteiger partial charge in [0.1, 0.15) is 0 Å². The van der Waals surface area contributed by atoms with Crippen LogP contribution < -0.4 is 5.73 Å². The molecule has 0 saturated heterocycles. The second-order valence-corrected chi connectivity index (χ2v) is 6.86. The quantitative estimate of drug-likeness (QED) is 0.775. The van der Waals surface area contributed by atoms with Gasteiger partial charge in [-0.1, -0.05) is 34.1 Å². The first-order valence-electron chi connectivity index (χ1n) is 6.71. The van der Waals surface area contributed by atoms with Gasteiger partial charge >= 0.3 is 0 Å². The predicted molar refractivity (Wildman–Crippen MR) is 69.2 cm³/mol. The second-order valence-electron chi connectivity index (χ2n) is 6.86. The highest BCUT2D eigenvalue weighted by Gasteiger charge is 2.43. The van der Waals surface area contributed by atoms with Gasteiger partial charge in [0.15, 0.2) is 0 Å². The van der Waals surface area contributed by atoms with E-state index >= 15 is 0 Å². The Morgan fingerprint density at radius 2 is 2.06 bits per heavy atom. The molecule has 0 bridgehead atoms. The average Bonchev–Trinajstić information content (AvgIpc) is 2.59. The Labute approximate surface area is 101 Å². The van der Waals surface area contributed by atoms with Crippen molar-refractivity contribution >= 4 is 0 Å². The molecule has 0 spiro atoms. The van der Waals surface area contributed by atoms with Gasteiger partial charge in [-0.2, -0.15) is 0 Å². The Hall–Kier alpha value is -0.0800. The topological polar surface area (TPSA) is 46.2 Å². The maximum atomic E-state index is 10.5. The van der Waals surface area contributed by atoms with E-state index in [1.165, 1.54) is 12.8 Å². The fraction of sp³-hybridized carbons (Fsp3) is 1.00. The molecule has 0 aromatic heterocycles. The van der Waals surface area contributed by atoms with Gasteiger partial charge in [0.05, 0.1) is 6.10 Å². The van der Waals surface area contributed by atoms with E-state index in [2.05, 4.69) is 27.7 Å². The van der Waals surface area contributed by atoms with Gasteiger partial charge in [-0.05, 0) is 37.0 Å². The Morgan fingerprint density at radius 3 is 2.44 bits per heavy atom. The molecule has 1 saturated carbocycles. The SMILES string of the molecule is CCC1CCC(CN)(C(O)CC(C)(C)C)C1. The van der Waals surface area contributed by atoms with Gasteiger partial charge in [-0.25, -0.2) is 0 Å². The van der Waals surface area contributed by atoms with E-state index in [9.17, 15) is 5.11 Å². The highest BCUT2D eigenvalue weighted by Crippen LogP contribution is 2.47. The third-order valence-electron chi connectivity index (χ3n) is 4.24. The van der Waals surface area contributed by atoms with Crippen molar-refractivity contribution in [3.05, 3.63) is 0 Å². The van der Waals surface area contributed by atoms with E-state index in [1.807, 2.05) is 0 Å². The van der Waals surface area contributed by atoms with Crippen LogP contribution in [0.5, 0.6) is 0 Å². The van der Waals surface area contributed by atoms with Gasteiger partial charge in [0.25, 0.3) is 0 Å². The third-order valence-corrected chi connectivity index (χ3v) is 4.24. The lowest BCUT2D eigenvalue weighted by atomic mass is 9.73. The second kappa shape index (κ2) is 5.05. The molecule has 0 aromatic rings. The molecule has 1 fully saturated rings. The first-order chi connectivity index (χ1) is 7.33. The van der Waals surface area contributed by atoms with Crippen LogP contribution in [0.25, 0.3) is 0 Å². The van der Waals surface area contributed by atoms with Crippen LogP contribution in [0.15, 0.2) is 0 Å². The zero-order valence-electron chi connectivity index (χ0n) is 11.4. The molecule has 0 amide bonds. The third kappa shape index (κ3) is 3.21. The minimum absolute atomic E-state index is 0.00789. The van der Waals surface area contributed by atoms with Crippen molar-refractivity contribution in [3.8, 4) is 0 Å².